The average molecular weight is 355 g/mol. The number of ether oxygens (including phenoxy) is 1. The molecule has 0 bridgehead atoms. The van der Waals surface area contributed by atoms with Crippen LogP contribution in [0.2, 0.25) is 0 Å². The van der Waals surface area contributed by atoms with E-state index in [1.165, 1.54) is 17.7 Å². The zero-order chi connectivity index (χ0) is 15.2. The van der Waals surface area contributed by atoms with Crippen molar-refractivity contribution in [3.63, 3.8) is 0 Å². The number of rotatable bonds is 6. The number of methoxy groups -OCH3 is 1. The maximum atomic E-state index is 13.6. The molecule has 0 spiro atoms. The normalized spacial score (nSPS) is 12.2. The van der Waals surface area contributed by atoms with Crippen LogP contribution in [0.3, 0.4) is 0 Å². The summed E-state index contributed by atoms with van der Waals surface area (Å²) in [4.78, 5) is 0.152. The highest BCUT2D eigenvalue weighted by Gasteiger charge is 2.10. The molecule has 1 atom stereocenters. The van der Waals surface area contributed by atoms with Gasteiger partial charge in [0.2, 0.25) is 0 Å². The van der Waals surface area contributed by atoms with E-state index in [2.05, 4.69) is 15.9 Å². The minimum Gasteiger partial charge on any atom is -0.497 e. The van der Waals surface area contributed by atoms with Crippen molar-refractivity contribution in [3.8, 4) is 5.75 Å². The topological polar surface area (TPSA) is 9.23 Å². The molecular formula is C17H17BrF2O. The van der Waals surface area contributed by atoms with Crippen LogP contribution in [-0.2, 0) is 12.8 Å². The van der Waals surface area contributed by atoms with Crippen molar-refractivity contribution in [3.05, 3.63) is 65.2 Å². The second kappa shape index (κ2) is 7.55. The molecule has 4 heteroatoms. The Morgan fingerprint density at radius 1 is 1.10 bits per heavy atom. The van der Waals surface area contributed by atoms with Crippen LogP contribution in [0.15, 0.2) is 42.5 Å². The number of hydrogen-bond donors (Lipinski definition) is 0. The number of alkyl halides is 1. The molecule has 21 heavy (non-hydrogen) atoms. The van der Waals surface area contributed by atoms with Gasteiger partial charge in [-0.3, -0.25) is 0 Å². The van der Waals surface area contributed by atoms with Gasteiger partial charge in [0.15, 0.2) is 0 Å². The van der Waals surface area contributed by atoms with Gasteiger partial charge in [0.25, 0.3) is 0 Å². The first-order valence-corrected chi connectivity index (χ1v) is 7.71. The number of benzene rings is 2. The maximum Gasteiger partial charge on any atom is 0.129 e. The van der Waals surface area contributed by atoms with Gasteiger partial charge in [0.05, 0.1) is 7.11 Å². The van der Waals surface area contributed by atoms with E-state index in [1.807, 2.05) is 24.3 Å². The van der Waals surface area contributed by atoms with E-state index in [1.54, 1.807) is 7.11 Å². The molecule has 2 rings (SSSR count). The molecule has 0 radical (unpaired) electrons. The van der Waals surface area contributed by atoms with Gasteiger partial charge < -0.3 is 4.74 Å². The fourth-order valence-corrected chi connectivity index (χ4v) is 2.72. The summed E-state index contributed by atoms with van der Waals surface area (Å²) in [6.45, 7) is 0. The predicted octanol–water partition coefficient (Wildman–Crippen LogP) is 4.91. The summed E-state index contributed by atoms with van der Waals surface area (Å²) in [6, 6.07) is 11.6. The largest absolute Gasteiger partial charge is 0.497 e. The molecule has 0 fully saturated rings. The lowest BCUT2D eigenvalue weighted by Crippen LogP contribution is -2.06. The molecule has 0 saturated heterocycles. The van der Waals surface area contributed by atoms with Crippen LogP contribution in [0.4, 0.5) is 8.78 Å². The van der Waals surface area contributed by atoms with Gasteiger partial charge in [-0.05, 0) is 48.6 Å². The molecule has 0 aliphatic heterocycles. The van der Waals surface area contributed by atoms with Crippen LogP contribution in [-0.4, -0.2) is 11.9 Å². The van der Waals surface area contributed by atoms with Crippen molar-refractivity contribution in [2.75, 3.05) is 7.11 Å². The van der Waals surface area contributed by atoms with Crippen LogP contribution in [0.1, 0.15) is 17.5 Å². The van der Waals surface area contributed by atoms with E-state index in [9.17, 15) is 8.78 Å². The lowest BCUT2D eigenvalue weighted by molar-refractivity contribution is 0.414. The molecule has 0 aromatic heterocycles. The van der Waals surface area contributed by atoms with Crippen molar-refractivity contribution >= 4 is 15.9 Å². The van der Waals surface area contributed by atoms with E-state index in [0.717, 1.165) is 24.7 Å². The summed E-state index contributed by atoms with van der Waals surface area (Å²) < 4.78 is 31.6. The summed E-state index contributed by atoms with van der Waals surface area (Å²) in [5.41, 5.74) is 1.74. The third kappa shape index (κ3) is 4.81. The summed E-state index contributed by atoms with van der Waals surface area (Å²) in [5, 5.41) is 0. The van der Waals surface area contributed by atoms with E-state index in [0.29, 0.717) is 12.0 Å². The van der Waals surface area contributed by atoms with Crippen molar-refractivity contribution in [2.45, 2.75) is 24.1 Å². The minimum atomic E-state index is -0.541. The Morgan fingerprint density at radius 2 is 1.81 bits per heavy atom. The molecule has 2 aromatic rings. The van der Waals surface area contributed by atoms with Gasteiger partial charge in [0.1, 0.15) is 17.4 Å². The van der Waals surface area contributed by atoms with Crippen molar-refractivity contribution < 1.29 is 13.5 Å². The molecule has 1 unspecified atom stereocenters. The minimum absolute atomic E-state index is 0.152. The first-order chi connectivity index (χ1) is 10.1. The van der Waals surface area contributed by atoms with Crippen LogP contribution in [0, 0.1) is 11.6 Å². The molecule has 0 amide bonds. The van der Waals surface area contributed by atoms with Crippen molar-refractivity contribution in [2.24, 2.45) is 0 Å². The third-order valence-electron chi connectivity index (χ3n) is 3.36. The van der Waals surface area contributed by atoms with Crippen molar-refractivity contribution in [1.82, 2.24) is 0 Å². The fraction of sp³-hybridized carbons (Fsp3) is 0.294. The Balaban J connectivity index is 1.87. The molecule has 0 aliphatic rings. The molecule has 112 valence electrons. The molecule has 0 heterocycles. The Labute approximate surface area is 132 Å². The Kier molecular flexibility index (Phi) is 5.74. The average Bonchev–Trinajstić information content (AvgIpc) is 2.48. The summed E-state index contributed by atoms with van der Waals surface area (Å²) in [7, 11) is 1.64. The van der Waals surface area contributed by atoms with Crippen LogP contribution >= 0.6 is 15.9 Å². The lowest BCUT2D eigenvalue weighted by Gasteiger charge is -2.11. The van der Waals surface area contributed by atoms with Crippen LogP contribution < -0.4 is 4.74 Å². The molecule has 2 aromatic carbocycles. The molecular weight excluding hydrogens is 338 g/mol. The van der Waals surface area contributed by atoms with Gasteiger partial charge >= 0.3 is 0 Å². The lowest BCUT2D eigenvalue weighted by atomic mass is 10.0. The predicted molar refractivity (Wildman–Crippen MR) is 84.1 cm³/mol. The quantitative estimate of drug-likeness (QED) is 0.669. The fourth-order valence-electron chi connectivity index (χ4n) is 2.14. The smallest absolute Gasteiger partial charge is 0.129 e. The highest BCUT2D eigenvalue weighted by atomic mass is 79.9. The Bertz CT molecular complexity index is 584. The summed E-state index contributed by atoms with van der Waals surface area (Å²) in [5.74, 6) is -0.188. The van der Waals surface area contributed by atoms with Gasteiger partial charge in [-0.15, -0.1) is 0 Å². The van der Waals surface area contributed by atoms with E-state index >= 15 is 0 Å². The number of hydrogen-bond acceptors (Lipinski definition) is 1. The Hall–Kier alpha value is -1.42. The standard InChI is InChI=1S/C17H17BrF2O/c1-21-16-8-3-12(4-9-16)2-6-14(18)10-13-5-7-15(19)11-17(13)20/h3-5,7-9,11,14H,2,6,10H2,1H3. The zero-order valence-corrected chi connectivity index (χ0v) is 13.4. The van der Waals surface area contributed by atoms with E-state index in [-0.39, 0.29) is 4.83 Å². The van der Waals surface area contributed by atoms with Gasteiger partial charge in [-0.2, -0.15) is 0 Å². The zero-order valence-electron chi connectivity index (χ0n) is 11.8. The molecule has 0 saturated carbocycles. The molecule has 0 aliphatic carbocycles. The SMILES string of the molecule is COc1ccc(CCC(Br)Cc2ccc(F)cc2F)cc1. The highest BCUT2D eigenvalue weighted by Crippen LogP contribution is 2.20. The second-order valence-electron chi connectivity index (χ2n) is 4.92. The van der Waals surface area contributed by atoms with Gasteiger partial charge in [-0.1, -0.05) is 34.1 Å². The number of halogens is 3. The third-order valence-corrected chi connectivity index (χ3v) is 4.14. The monoisotopic (exact) mass is 354 g/mol. The Morgan fingerprint density at radius 3 is 2.43 bits per heavy atom. The first-order valence-electron chi connectivity index (χ1n) is 6.79. The van der Waals surface area contributed by atoms with Gasteiger partial charge in [0, 0.05) is 10.9 Å². The molecule has 1 nitrogen and oxygen atoms in total. The number of aryl methyl sites for hydroxylation is 1. The molecule has 0 N–H and O–H groups in total. The highest BCUT2D eigenvalue weighted by molar-refractivity contribution is 9.09. The van der Waals surface area contributed by atoms with E-state index < -0.39 is 11.6 Å². The van der Waals surface area contributed by atoms with Crippen LogP contribution in [0.5, 0.6) is 5.75 Å². The first kappa shape index (κ1) is 16.0. The van der Waals surface area contributed by atoms with Crippen molar-refractivity contribution in [1.29, 1.82) is 0 Å². The van der Waals surface area contributed by atoms with E-state index in [4.69, 9.17) is 4.74 Å². The van der Waals surface area contributed by atoms with Gasteiger partial charge in [-0.25, -0.2) is 8.78 Å². The van der Waals surface area contributed by atoms with Crippen LogP contribution in [0.25, 0.3) is 0 Å². The summed E-state index contributed by atoms with van der Waals surface area (Å²) in [6.07, 6.45) is 2.31. The summed E-state index contributed by atoms with van der Waals surface area (Å²) >= 11 is 3.57. The maximum absolute atomic E-state index is 13.6. The second-order valence-corrected chi connectivity index (χ2v) is 6.22.